The van der Waals surface area contributed by atoms with Crippen LogP contribution < -0.4 is 4.90 Å². The van der Waals surface area contributed by atoms with Gasteiger partial charge in [0.05, 0.1) is 17.1 Å². The molecule has 2 heterocycles. The lowest BCUT2D eigenvalue weighted by molar-refractivity contribution is 0.636. The Balaban J connectivity index is 1.99. The molecule has 0 fully saturated rings. The maximum absolute atomic E-state index is 4.96. The molecule has 0 spiro atoms. The molecule has 152 valence electrons. The molecule has 3 heteroatoms. The van der Waals surface area contributed by atoms with E-state index in [1.807, 2.05) is 24.4 Å². The Morgan fingerprint density at radius 1 is 0.690 bits per heavy atom. The number of hydrogen-bond acceptors (Lipinski definition) is 3. The second-order valence-corrected chi connectivity index (χ2v) is 7.58. The summed E-state index contributed by atoms with van der Waals surface area (Å²) in [5.74, 6) is 0. The second kappa shape index (κ2) is 11.4. The quantitative estimate of drug-likeness (QED) is 0.332. The van der Waals surface area contributed by atoms with Crippen molar-refractivity contribution in [2.24, 2.45) is 0 Å². The van der Waals surface area contributed by atoms with Crippen molar-refractivity contribution in [3.63, 3.8) is 0 Å². The van der Waals surface area contributed by atoms with Gasteiger partial charge in [-0.1, -0.05) is 75.9 Å². The van der Waals surface area contributed by atoms with Crippen LogP contribution in [-0.2, 0) is 0 Å². The van der Waals surface area contributed by atoms with E-state index in [-0.39, 0.29) is 0 Å². The molecular weight excluding hydrogens is 354 g/mol. The number of aromatic nitrogens is 2. The minimum Gasteiger partial charge on any atom is -0.371 e. The van der Waals surface area contributed by atoms with Gasteiger partial charge in [0.25, 0.3) is 0 Å². The molecule has 0 bridgehead atoms. The molecule has 0 aliphatic carbocycles. The highest BCUT2D eigenvalue weighted by atomic mass is 15.1. The molecule has 0 amide bonds. The van der Waals surface area contributed by atoms with Gasteiger partial charge in [-0.3, -0.25) is 4.98 Å². The number of rotatable bonds is 11. The van der Waals surface area contributed by atoms with E-state index in [1.54, 1.807) is 0 Å². The first kappa shape index (κ1) is 21.0. The van der Waals surface area contributed by atoms with Gasteiger partial charge in [0.2, 0.25) is 0 Å². The number of anilines is 1. The molecular formula is C26H33N3. The minimum absolute atomic E-state index is 0.925. The van der Waals surface area contributed by atoms with Crippen molar-refractivity contribution in [1.82, 2.24) is 9.97 Å². The monoisotopic (exact) mass is 387 g/mol. The lowest BCUT2D eigenvalue weighted by atomic mass is 10.1. The standard InChI is InChI=1S/C26H33N3/c1-3-5-12-18-29(19-13-6-4-2)23-20-25(22-14-8-7-9-15-22)28-26(21-23)24-16-10-11-17-27-24/h7-11,14-17,20-21H,3-6,12-13,18-19H2,1-2H3. The van der Waals surface area contributed by atoms with Crippen LogP contribution in [0.25, 0.3) is 22.6 Å². The first-order chi connectivity index (χ1) is 14.3. The van der Waals surface area contributed by atoms with E-state index < -0.39 is 0 Å². The van der Waals surface area contributed by atoms with Crippen molar-refractivity contribution < 1.29 is 0 Å². The number of hydrogen-bond donors (Lipinski definition) is 0. The Labute approximate surface area is 175 Å². The van der Waals surface area contributed by atoms with Gasteiger partial charge in [0.15, 0.2) is 0 Å². The highest BCUT2D eigenvalue weighted by Crippen LogP contribution is 2.29. The van der Waals surface area contributed by atoms with E-state index in [0.29, 0.717) is 0 Å². The van der Waals surface area contributed by atoms with Crippen LogP contribution in [0.5, 0.6) is 0 Å². The number of nitrogens with zero attached hydrogens (tertiary/aromatic N) is 3. The first-order valence-electron chi connectivity index (χ1n) is 11.1. The van der Waals surface area contributed by atoms with E-state index in [2.05, 4.69) is 66.2 Å². The molecule has 0 N–H and O–H groups in total. The van der Waals surface area contributed by atoms with Gasteiger partial charge >= 0.3 is 0 Å². The lowest BCUT2D eigenvalue weighted by Crippen LogP contribution is -2.26. The van der Waals surface area contributed by atoms with Crippen LogP contribution in [-0.4, -0.2) is 23.1 Å². The van der Waals surface area contributed by atoms with Gasteiger partial charge in [0, 0.05) is 30.5 Å². The van der Waals surface area contributed by atoms with Gasteiger partial charge < -0.3 is 4.90 Å². The largest absolute Gasteiger partial charge is 0.371 e. The molecule has 0 radical (unpaired) electrons. The van der Waals surface area contributed by atoms with Crippen LogP contribution in [0.3, 0.4) is 0 Å². The third-order valence-electron chi connectivity index (χ3n) is 5.24. The predicted octanol–water partition coefficient (Wildman–Crippen LogP) is 7.00. The maximum atomic E-state index is 4.96. The lowest BCUT2D eigenvalue weighted by Gasteiger charge is -2.26. The van der Waals surface area contributed by atoms with Crippen molar-refractivity contribution in [3.05, 3.63) is 66.9 Å². The summed E-state index contributed by atoms with van der Waals surface area (Å²) in [5.41, 5.74) is 5.28. The van der Waals surface area contributed by atoms with Crippen molar-refractivity contribution in [1.29, 1.82) is 0 Å². The van der Waals surface area contributed by atoms with Crippen molar-refractivity contribution in [3.8, 4) is 22.6 Å². The normalized spacial score (nSPS) is 10.8. The Morgan fingerprint density at radius 3 is 1.97 bits per heavy atom. The molecule has 0 atom stereocenters. The maximum Gasteiger partial charge on any atom is 0.0914 e. The molecule has 0 saturated carbocycles. The topological polar surface area (TPSA) is 29.0 Å². The Morgan fingerprint density at radius 2 is 1.34 bits per heavy atom. The average Bonchev–Trinajstić information content (AvgIpc) is 2.79. The molecule has 0 saturated heterocycles. The van der Waals surface area contributed by atoms with Gasteiger partial charge in [-0.15, -0.1) is 0 Å². The molecule has 29 heavy (non-hydrogen) atoms. The molecule has 0 unspecified atom stereocenters. The zero-order valence-electron chi connectivity index (χ0n) is 17.8. The molecule has 0 aliphatic heterocycles. The molecule has 3 aromatic rings. The van der Waals surface area contributed by atoms with E-state index in [4.69, 9.17) is 4.98 Å². The van der Waals surface area contributed by atoms with Crippen LogP contribution in [0.2, 0.25) is 0 Å². The summed E-state index contributed by atoms with van der Waals surface area (Å²) in [6.45, 7) is 6.72. The summed E-state index contributed by atoms with van der Waals surface area (Å²) in [6.07, 6.45) is 9.32. The third kappa shape index (κ3) is 6.15. The van der Waals surface area contributed by atoms with Crippen molar-refractivity contribution >= 4 is 5.69 Å². The zero-order valence-corrected chi connectivity index (χ0v) is 17.8. The average molecular weight is 388 g/mol. The van der Waals surface area contributed by atoms with E-state index in [1.165, 1.54) is 44.2 Å². The van der Waals surface area contributed by atoms with E-state index in [9.17, 15) is 0 Å². The molecule has 1 aromatic carbocycles. The molecule has 2 aromatic heterocycles. The summed E-state index contributed by atoms with van der Waals surface area (Å²) >= 11 is 0. The van der Waals surface area contributed by atoms with Crippen LogP contribution >= 0.6 is 0 Å². The van der Waals surface area contributed by atoms with Crippen molar-refractivity contribution in [2.45, 2.75) is 52.4 Å². The summed E-state index contributed by atoms with van der Waals surface area (Å²) in [4.78, 5) is 12.1. The molecule has 0 aliphatic rings. The van der Waals surface area contributed by atoms with E-state index >= 15 is 0 Å². The summed E-state index contributed by atoms with van der Waals surface area (Å²) in [5, 5.41) is 0. The Hall–Kier alpha value is -2.68. The predicted molar refractivity (Wildman–Crippen MR) is 124 cm³/mol. The van der Waals surface area contributed by atoms with Crippen LogP contribution in [0, 0.1) is 0 Å². The highest BCUT2D eigenvalue weighted by Gasteiger charge is 2.13. The van der Waals surface area contributed by atoms with Crippen LogP contribution in [0.15, 0.2) is 66.9 Å². The van der Waals surface area contributed by atoms with E-state index in [0.717, 1.165) is 35.7 Å². The molecule has 3 nitrogen and oxygen atoms in total. The Kier molecular flexibility index (Phi) is 8.24. The summed E-state index contributed by atoms with van der Waals surface area (Å²) < 4.78 is 0. The zero-order chi connectivity index (χ0) is 20.3. The van der Waals surface area contributed by atoms with Crippen LogP contribution in [0.4, 0.5) is 5.69 Å². The summed E-state index contributed by atoms with van der Waals surface area (Å²) in [7, 11) is 0. The van der Waals surface area contributed by atoms with Crippen molar-refractivity contribution in [2.75, 3.05) is 18.0 Å². The minimum atomic E-state index is 0.925. The summed E-state index contributed by atoms with van der Waals surface area (Å²) in [6, 6.07) is 20.9. The first-order valence-corrected chi connectivity index (χ1v) is 11.1. The van der Waals surface area contributed by atoms with Gasteiger partial charge in [-0.25, -0.2) is 4.98 Å². The Bertz CT molecular complexity index is 779. The highest BCUT2D eigenvalue weighted by molar-refractivity contribution is 5.71. The third-order valence-corrected chi connectivity index (χ3v) is 5.24. The smallest absolute Gasteiger partial charge is 0.0914 e. The number of unbranched alkanes of at least 4 members (excludes halogenated alkanes) is 4. The van der Waals surface area contributed by atoms with Crippen LogP contribution in [0.1, 0.15) is 52.4 Å². The fraction of sp³-hybridized carbons (Fsp3) is 0.385. The molecule has 3 rings (SSSR count). The number of benzene rings is 1. The van der Waals surface area contributed by atoms with Gasteiger partial charge in [-0.05, 0) is 37.1 Å². The van der Waals surface area contributed by atoms with Gasteiger partial charge in [0.1, 0.15) is 0 Å². The number of pyridine rings is 2. The fourth-order valence-electron chi connectivity index (χ4n) is 3.58. The second-order valence-electron chi connectivity index (χ2n) is 7.58. The SMILES string of the molecule is CCCCCN(CCCCC)c1cc(-c2ccccc2)nc(-c2ccccn2)c1. The van der Waals surface area contributed by atoms with Gasteiger partial charge in [-0.2, -0.15) is 0 Å². The fourth-order valence-corrected chi connectivity index (χ4v) is 3.58.